The largest absolute Gasteiger partial charge is 0.495 e. The normalized spacial score (nSPS) is 17.2. The molecule has 0 aromatic heterocycles. The summed E-state index contributed by atoms with van der Waals surface area (Å²) in [6, 6.07) is 4.90. The van der Waals surface area contributed by atoms with Crippen LogP contribution in [0.2, 0.25) is 0 Å². The Morgan fingerprint density at radius 2 is 2.11 bits per heavy atom. The molecule has 0 unspecified atom stereocenters. The summed E-state index contributed by atoms with van der Waals surface area (Å²) in [4.78, 5) is 0.163. The van der Waals surface area contributed by atoms with Crippen molar-refractivity contribution in [3.05, 3.63) is 23.8 Å². The third-order valence-electron chi connectivity index (χ3n) is 3.55. The van der Waals surface area contributed by atoms with E-state index in [-0.39, 0.29) is 10.3 Å². The van der Waals surface area contributed by atoms with Crippen LogP contribution in [0.4, 0.5) is 0 Å². The van der Waals surface area contributed by atoms with E-state index in [2.05, 4.69) is 11.6 Å². The van der Waals surface area contributed by atoms with E-state index in [1.54, 1.807) is 18.2 Å². The summed E-state index contributed by atoms with van der Waals surface area (Å²) >= 11 is 0. The Hall–Kier alpha value is -1.11. The van der Waals surface area contributed by atoms with Gasteiger partial charge < -0.3 is 10.5 Å². The van der Waals surface area contributed by atoms with E-state index in [0.717, 1.165) is 18.4 Å². The standard InChI is InChI=1S/C13H20N2O3S/c1-13(5-6-13)9-15-19(16,17)12-4-3-10(8-14)7-11(12)18-2/h3-4,7,15H,5-6,8-9,14H2,1-2H3. The maximum absolute atomic E-state index is 12.3. The molecular weight excluding hydrogens is 264 g/mol. The Kier molecular flexibility index (Phi) is 3.85. The van der Waals surface area contributed by atoms with E-state index < -0.39 is 10.0 Å². The van der Waals surface area contributed by atoms with Crippen molar-refractivity contribution in [2.24, 2.45) is 11.1 Å². The van der Waals surface area contributed by atoms with Crippen molar-refractivity contribution in [3.63, 3.8) is 0 Å². The minimum Gasteiger partial charge on any atom is -0.495 e. The van der Waals surface area contributed by atoms with E-state index in [1.807, 2.05) is 0 Å². The molecule has 0 amide bonds. The van der Waals surface area contributed by atoms with Crippen LogP contribution in [0.15, 0.2) is 23.1 Å². The summed E-state index contributed by atoms with van der Waals surface area (Å²) < 4.78 is 32.3. The second-order valence-electron chi connectivity index (χ2n) is 5.32. The molecule has 1 aliphatic carbocycles. The van der Waals surface area contributed by atoms with Crippen LogP contribution in [-0.4, -0.2) is 22.1 Å². The highest BCUT2D eigenvalue weighted by Gasteiger charge is 2.38. The molecule has 19 heavy (non-hydrogen) atoms. The van der Waals surface area contributed by atoms with Crippen molar-refractivity contribution in [2.75, 3.05) is 13.7 Å². The van der Waals surface area contributed by atoms with Crippen LogP contribution in [0, 0.1) is 5.41 Å². The van der Waals surface area contributed by atoms with Gasteiger partial charge in [0.15, 0.2) is 0 Å². The van der Waals surface area contributed by atoms with Crippen LogP contribution in [0.25, 0.3) is 0 Å². The van der Waals surface area contributed by atoms with Crippen molar-refractivity contribution in [1.29, 1.82) is 0 Å². The van der Waals surface area contributed by atoms with Crippen LogP contribution in [0.5, 0.6) is 5.75 Å². The van der Waals surface area contributed by atoms with Crippen molar-refractivity contribution < 1.29 is 13.2 Å². The molecule has 0 radical (unpaired) electrons. The molecule has 1 aromatic carbocycles. The van der Waals surface area contributed by atoms with Gasteiger partial charge in [-0.3, -0.25) is 0 Å². The van der Waals surface area contributed by atoms with E-state index in [0.29, 0.717) is 18.8 Å². The first-order chi connectivity index (χ1) is 8.90. The minimum absolute atomic E-state index is 0.123. The monoisotopic (exact) mass is 284 g/mol. The van der Waals surface area contributed by atoms with E-state index in [9.17, 15) is 8.42 Å². The molecule has 0 spiro atoms. The summed E-state index contributed by atoms with van der Waals surface area (Å²) in [6.45, 7) is 2.89. The van der Waals surface area contributed by atoms with Crippen molar-refractivity contribution in [3.8, 4) is 5.75 Å². The SMILES string of the molecule is COc1cc(CN)ccc1S(=O)(=O)NCC1(C)CC1. The molecule has 0 saturated heterocycles. The van der Waals surface area contributed by atoms with Crippen LogP contribution >= 0.6 is 0 Å². The van der Waals surface area contributed by atoms with Gasteiger partial charge in [-0.25, -0.2) is 13.1 Å². The molecule has 1 aliphatic rings. The van der Waals surface area contributed by atoms with Crippen molar-refractivity contribution in [1.82, 2.24) is 4.72 Å². The second kappa shape index (κ2) is 5.11. The van der Waals surface area contributed by atoms with Gasteiger partial charge in [0.1, 0.15) is 10.6 Å². The molecule has 0 aliphatic heterocycles. The first kappa shape index (κ1) is 14.3. The van der Waals surface area contributed by atoms with Gasteiger partial charge in [-0.1, -0.05) is 13.0 Å². The van der Waals surface area contributed by atoms with Gasteiger partial charge in [-0.2, -0.15) is 0 Å². The number of methoxy groups -OCH3 is 1. The number of nitrogens with one attached hydrogen (secondary N) is 1. The summed E-state index contributed by atoms with van der Waals surface area (Å²) in [5, 5.41) is 0. The molecule has 1 fully saturated rings. The number of nitrogens with two attached hydrogens (primary N) is 1. The lowest BCUT2D eigenvalue weighted by Gasteiger charge is -2.14. The number of hydrogen-bond acceptors (Lipinski definition) is 4. The summed E-state index contributed by atoms with van der Waals surface area (Å²) in [5.41, 5.74) is 6.50. The Labute approximate surface area is 114 Å². The number of hydrogen-bond donors (Lipinski definition) is 2. The fourth-order valence-electron chi connectivity index (χ4n) is 1.80. The first-order valence-corrected chi connectivity index (χ1v) is 7.75. The van der Waals surface area contributed by atoms with Crippen LogP contribution < -0.4 is 15.2 Å². The van der Waals surface area contributed by atoms with E-state index in [4.69, 9.17) is 10.5 Å². The molecule has 6 heteroatoms. The average Bonchev–Trinajstić information content (AvgIpc) is 3.14. The predicted molar refractivity (Wildman–Crippen MR) is 73.4 cm³/mol. The van der Waals surface area contributed by atoms with Gasteiger partial charge in [-0.15, -0.1) is 0 Å². The van der Waals surface area contributed by atoms with Crippen LogP contribution in [0.3, 0.4) is 0 Å². The first-order valence-electron chi connectivity index (χ1n) is 6.27. The molecule has 0 bridgehead atoms. The fourth-order valence-corrected chi connectivity index (χ4v) is 3.15. The zero-order chi connectivity index (χ0) is 14.1. The zero-order valence-corrected chi connectivity index (χ0v) is 12.1. The fraction of sp³-hybridized carbons (Fsp3) is 0.538. The Morgan fingerprint density at radius 3 is 2.63 bits per heavy atom. The van der Waals surface area contributed by atoms with Gasteiger partial charge >= 0.3 is 0 Å². The van der Waals surface area contributed by atoms with Crippen LogP contribution in [0.1, 0.15) is 25.3 Å². The summed E-state index contributed by atoms with van der Waals surface area (Å²) in [7, 11) is -2.08. The molecule has 0 atom stereocenters. The van der Waals surface area contributed by atoms with Crippen molar-refractivity contribution >= 4 is 10.0 Å². The molecule has 0 heterocycles. The number of ether oxygens (including phenoxy) is 1. The maximum Gasteiger partial charge on any atom is 0.244 e. The lowest BCUT2D eigenvalue weighted by atomic mass is 10.2. The molecule has 106 valence electrons. The Balaban J connectivity index is 2.23. The molecule has 1 saturated carbocycles. The number of benzene rings is 1. The quantitative estimate of drug-likeness (QED) is 0.823. The zero-order valence-electron chi connectivity index (χ0n) is 11.3. The topological polar surface area (TPSA) is 81.4 Å². The average molecular weight is 284 g/mol. The van der Waals surface area contributed by atoms with Gasteiger partial charge in [0.2, 0.25) is 10.0 Å². The van der Waals surface area contributed by atoms with Gasteiger partial charge in [0, 0.05) is 13.1 Å². The number of rotatable bonds is 6. The highest BCUT2D eigenvalue weighted by atomic mass is 32.2. The smallest absolute Gasteiger partial charge is 0.244 e. The molecule has 1 aromatic rings. The highest BCUT2D eigenvalue weighted by molar-refractivity contribution is 7.89. The Bertz CT molecular complexity index is 565. The maximum atomic E-state index is 12.3. The summed E-state index contributed by atoms with van der Waals surface area (Å²) in [5.74, 6) is 0.330. The second-order valence-corrected chi connectivity index (χ2v) is 7.06. The molecule has 5 nitrogen and oxygen atoms in total. The van der Waals surface area contributed by atoms with Gasteiger partial charge in [-0.05, 0) is 36.0 Å². The number of sulfonamides is 1. The molecular formula is C13H20N2O3S. The van der Waals surface area contributed by atoms with Crippen LogP contribution in [-0.2, 0) is 16.6 Å². The van der Waals surface area contributed by atoms with Gasteiger partial charge in [0.25, 0.3) is 0 Å². The van der Waals surface area contributed by atoms with Gasteiger partial charge in [0.05, 0.1) is 7.11 Å². The molecule has 2 rings (SSSR count). The van der Waals surface area contributed by atoms with E-state index >= 15 is 0 Å². The lowest BCUT2D eigenvalue weighted by Crippen LogP contribution is -2.29. The minimum atomic E-state index is -3.54. The predicted octanol–water partition coefficient (Wildman–Crippen LogP) is 1.23. The molecule has 3 N–H and O–H groups in total. The summed E-state index contributed by atoms with van der Waals surface area (Å²) in [6.07, 6.45) is 2.14. The third-order valence-corrected chi connectivity index (χ3v) is 4.99. The highest BCUT2D eigenvalue weighted by Crippen LogP contribution is 2.44. The Morgan fingerprint density at radius 1 is 1.42 bits per heavy atom. The third kappa shape index (κ3) is 3.26. The lowest BCUT2D eigenvalue weighted by molar-refractivity contribution is 0.401. The van der Waals surface area contributed by atoms with E-state index in [1.165, 1.54) is 7.11 Å². The van der Waals surface area contributed by atoms with Crippen molar-refractivity contribution in [2.45, 2.75) is 31.2 Å².